The summed E-state index contributed by atoms with van der Waals surface area (Å²) < 4.78 is 71.8. The molecule has 1 saturated carbocycles. The highest BCUT2D eigenvalue weighted by atomic mass is 19.4. The Morgan fingerprint density at radius 2 is 1.84 bits per heavy atom. The first-order valence-electron chi connectivity index (χ1n) is 12.2. The van der Waals surface area contributed by atoms with E-state index >= 15 is 4.39 Å². The zero-order chi connectivity index (χ0) is 27.4. The Bertz CT molecular complexity index is 1420. The number of nitrogens with two attached hydrogens (primary N) is 1. The van der Waals surface area contributed by atoms with Crippen molar-refractivity contribution in [1.82, 2.24) is 24.8 Å². The van der Waals surface area contributed by atoms with Crippen molar-refractivity contribution in [1.29, 1.82) is 0 Å². The Kier molecular flexibility index (Phi) is 6.48. The van der Waals surface area contributed by atoms with Gasteiger partial charge in [0, 0.05) is 23.6 Å². The van der Waals surface area contributed by atoms with Crippen LogP contribution in [-0.4, -0.2) is 56.6 Å². The third-order valence-electron chi connectivity index (χ3n) is 7.30. The van der Waals surface area contributed by atoms with Gasteiger partial charge in [0.2, 0.25) is 5.91 Å². The Labute approximate surface area is 214 Å². The third-order valence-corrected chi connectivity index (χ3v) is 7.30. The zero-order valence-corrected chi connectivity index (χ0v) is 20.4. The quantitative estimate of drug-likeness (QED) is 0.492. The number of nitrogen functional groups attached to an aromatic ring is 1. The van der Waals surface area contributed by atoms with Crippen LogP contribution in [0.4, 0.5) is 27.8 Å². The molecule has 202 valence electrons. The summed E-state index contributed by atoms with van der Waals surface area (Å²) in [6, 6.07) is 1.83. The summed E-state index contributed by atoms with van der Waals surface area (Å²) in [7, 11) is 0. The number of hydrogen-bond donors (Lipinski definition) is 2. The highest BCUT2D eigenvalue weighted by molar-refractivity contribution is 5.97. The normalized spacial score (nSPS) is 20.4. The second-order valence-electron chi connectivity index (χ2n) is 9.81. The lowest BCUT2D eigenvalue weighted by Gasteiger charge is -2.20. The molecule has 3 heterocycles. The molecule has 0 radical (unpaired) electrons. The minimum absolute atomic E-state index is 0.00379. The first-order valence-corrected chi connectivity index (χ1v) is 12.2. The smallest absolute Gasteiger partial charge is 0.382 e. The molecular formula is C25H25F5N6O2. The molecule has 2 aliphatic rings. The van der Waals surface area contributed by atoms with E-state index in [0.29, 0.717) is 6.07 Å². The van der Waals surface area contributed by atoms with E-state index in [1.165, 1.54) is 11.8 Å². The van der Waals surface area contributed by atoms with Gasteiger partial charge in [-0.1, -0.05) is 12.8 Å². The molecule has 1 saturated heterocycles. The van der Waals surface area contributed by atoms with E-state index in [0.717, 1.165) is 48.7 Å². The van der Waals surface area contributed by atoms with Gasteiger partial charge < -0.3 is 16.0 Å². The molecule has 0 bridgehead atoms. The Balaban J connectivity index is 1.45. The lowest BCUT2D eigenvalue weighted by Crippen LogP contribution is -2.42. The van der Waals surface area contributed by atoms with Crippen LogP contribution >= 0.6 is 0 Å². The molecule has 2 atom stereocenters. The maximum Gasteiger partial charge on any atom is 0.418 e. The van der Waals surface area contributed by atoms with Gasteiger partial charge in [-0.25, -0.2) is 18.3 Å². The van der Waals surface area contributed by atoms with Crippen LogP contribution in [0.25, 0.3) is 16.8 Å². The predicted molar refractivity (Wildman–Crippen MR) is 127 cm³/mol. The van der Waals surface area contributed by atoms with Crippen LogP contribution in [0.5, 0.6) is 0 Å². The summed E-state index contributed by atoms with van der Waals surface area (Å²) in [4.78, 5) is 30.9. The summed E-state index contributed by atoms with van der Waals surface area (Å²) >= 11 is 0. The van der Waals surface area contributed by atoms with Gasteiger partial charge in [0.05, 0.1) is 23.8 Å². The van der Waals surface area contributed by atoms with Gasteiger partial charge in [-0.05, 0) is 43.5 Å². The van der Waals surface area contributed by atoms with Crippen LogP contribution in [0.15, 0.2) is 24.5 Å². The lowest BCUT2D eigenvalue weighted by molar-refractivity contribution is -0.136. The second-order valence-corrected chi connectivity index (χ2v) is 9.81. The fourth-order valence-corrected chi connectivity index (χ4v) is 5.35. The standard InChI is InChI=1S/C25H25F5N6O2/c1-12-6-17(26)15(20-8-16(25(28,29)30)21-22(31)32-11-33-36(20)21)7-14(12)23(37)34-19-10-35(9-18(19)27)24(38)13-4-2-3-5-13/h6-8,11,13,18-19H,2-5,9-10H2,1H3,(H,34,37)(H2,31,32,33)/t18-,19+/m0/s1. The van der Waals surface area contributed by atoms with Crippen LogP contribution in [0.2, 0.25) is 0 Å². The first kappa shape index (κ1) is 25.9. The highest BCUT2D eigenvalue weighted by Gasteiger charge is 2.40. The van der Waals surface area contributed by atoms with Crippen LogP contribution in [0.1, 0.15) is 47.2 Å². The Morgan fingerprint density at radius 1 is 1.13 bits per heavy atom. The molecule has 8 nitrogen and oxygen atoms in total. The topological polar surface area (TPSA) is 106 Å². The second kappa shape index (κ2) is 9.52. The van der Waals surface area contributed by atoms with Gasteiger partial charge >= 0.3 is 6.18 Å². The van der Waals surface area contributed by atoms with Gasteiger partial charge in [0.15, 0.2) is 5.82 Å². The average Bonchev–Trinajstić information content (AvgIpc) is 3.58. The number of aryl methyl sites for hydroxylation is 1. The van der Waals surface area contributed by atoms with Gasteiger partial charge in [0.1, 0.15) is 23.8 Å². The SMILES string of the molecule is Cc1cc(F)c(-c2cc(C(F)(F)F)c3c(N)ncnn23)cc1C(=O)N[C@@H]1CN(C(=O)C2CCCC2)C[C@@H]1F. The van der Waals surface area contributed by atoms with Crippen LogP contribution < -0.4 is 11.1 Å². The minimum atomic E-state index is -4.83. The number of carbonyl (C=O) groups is 2. The number of amides is 2. The molecule has 1 aliphatic carbocycles. The molecule has 2 aromatic heterocycles. The number of nitrogens with one attached hydrogen (secondary N) is 1. The summed E-state index contributed by atoms with van der Waals surface area (Å²) in [6.45, 7) is 1.33. The van der Waals surface area contributed by atoms with E-state index in [2.05, 4.69) is 15.4 Å². The molecule has 0 unspecified atom stereocenters. The van der Waals surface area contributed by atoms with Crippen LogP contribution in [0.3, 0.4) is 0 Å². The molecule has 3 aromatic rings. The number of hydrogen-bond acceptors (Lipinski definition) is 5. The van der Waals surface area contributed by atoms with E-state index in [9.17, 15) is 27.2 Å². The largest absolute Gasteiger partial charge is 0.418 e. The molecule has 13 heteroatoms. The fraction of sp³-hybridized carbons (Fsp3) is 0.440. The molecule has 0 spiro atoms. The summed E-state index contributed by atoms with van der Waals surface area (Å²) in [6.07, 6.45) is -1.95. The molecule has 2 fully saturated rings. The van der Waals surface area contributed by atoms with E-state index in [1.54, 1.807) is 0 Å². The van der Waals surface area contributed by atoms with Crippen molar-refractivity contribution >= 4 is 23.1 Å². The number of fused-ring (bicyclic) bond motifs is 1. The van der Waals surface area contributed by atoms with Crippen molar-refractivity contribution < 1.29 is 31.5 Å². The van der Waals surface area contributed by atoms with Crippen molar-refractivity contribution in [3.8, 4) is 11.3 Å². The molecule has 3 N–H and O–H groups in total. The van der Waals surface area contributed by atoms with Crippen molar-refractivity contribution in [2.75, 3.05) is 18.8 Å². The Hall–Kier alpha value is -3.77. The lowest BCUT2D eigenvalue weighted by atomic mass is 10.0. The number of rotatable bonds is 4. The maximum absolute atomic E-state index is 15.1. The zero-order valence-electron chi connectivity index (χ0n) is 20.4. The summed E-state index contributed by atoms with van der Waals surface area (Å²) in [5, 5.41) is 6.38. The van der Waals surface area contributed by atoms with Crippen LogP contribution in [0, 0.1) is 18.7 Å². The highest BCUT2D eigenvalue weighted by Crippen LogP contribution is 2.39. The van der Waals surface area contributed by atoms with Gasteiger partial charge in [-0.15, -0.1) is 0 Å². The predicted octanol–water partition coefficient (Wildman–Crippen LogP) is 3.91. The average molecular weight is 537 g/mol. The molecule has 1 aromatic carbocycles. The van der Waals surface area contributed by atoms with E-state index < -0.39 is 47.0 Å². The number of nitrogens with zero attached hydrogens (tertiary/aromatic N) is 4. The van der Waals surface area contributed by atoms with E-state index in [1.807, 2.05) is 0 Å². The van der Waals surface area contributed by atoms with Gasteiger partial charge in [0.25, 0.3) is 5.91 Å². The molecule has 1 aliphatic heterocycles. The molecule has 38 heavy (non-hydrogen) atoms. The van der Waals surface area contributed by atoms with Crippen molar-refractivity contribution in [2.24, 2.45) is 5.92 Å². The summed E-state index contributed by atoms with van der Waals surface area (Å²) in [5.41, 5.74) is 3.49. The maximum atomic E-state index is 15.1. The van der Waals surface area contributed by atoms with E-state index in [-0.39, 0.29) is 47.3 Å². The summed E-state index contributed by atoms with van der Waals surface area (Å²) in [5.74, 6) is -2.32. The number of halogens is 5. The first-order chi connectivity index (χ1) is 18.0. The van der Waals surface area contributed by atoms with Crippen molar-refractivity contribution in [3.63, 3.8) is 0 Å². The van der Waals surface area contributed by atoms with Crippen molar-refractivity contribution in [2.45, 2.75) is 51.0 Å². The van der Waals surface area contributed by atoms with E-state index in [4.69, 9.17) is 5.73 Å². The Morgan fingerprint density at radius 3 is 2.53 bits per heavy atom. The molecule has 5 rings (SSSR count). The van der Waals surface area contributed by atoms with Gasteiger partial charge in [-0.3, -0.25) is 9.59 Å². The number of aromatic nitrogens is 3. The molecule has 2 amide bonds. The monoisotopic (exact) mass is 536 g/mol. The number of anilines is 1. The fourth-order valence-electron chi connectivity index (χ4n) is 5.35. The number of alkyl halides is 4. The minimum Gasteiger partial charge on any atom is -0.382 e. The number of carbonyl (C=O) groups excluding carboxylic acids is 2. The molecular weight excluding hydrogens is 511 g/mol. The third kappa shape index (κ3) is 4.54. The van der Waals surface area contributed by atoms with Crippen LogP contribution in [-0.2, 0) is 11.0 Å². The van der Waals surface area contributed by atoms with Crippen molar-refractivity contribution in [3.05, 3.63) is 47.0 Å². The number of likely N-dealkylation sites (tertiary alicyclic amines) is 1. The number of benzene rings is 1. The van der Waals surface area contributed by atoms with Gasteiger partial charge in [-0.2, -0.15) is 18.3 Å².